The summed E-state index contributed by atoms with van der Waals surface area (Å²) in [5, 5.41) is 4.12. The highest BCUT2D eigenvalue weighted by Crippen LogP contribution is 2.29. The normalized spacial score (nSPS) is 17.1. The smallest absolute Gasteiger partial charge is 0.231 e. The van der Waals surface area contributed by atoms with E-state index in [2.05, 4.69) is 26.9 Å². The van der Waals surface area contributed by atoms with Crippen molar-refractivity contribution in [3.8, 4) is 0 Å². The average Bonchev–Trinajstić information content (AvgIpc) is 2.90. The first-order chi connectivity index (χ1) is 10.2. The molecule has 21 heavy (non-hydrogen) atoms. The van der Waals surface area contributed by atoms with Crippen LogP contribution in [0.25, 0.3) is 10.9 Å². The molecule has 1 saturated heterocycles. The van der Waals surface area contributed by atoms with Crippen molar-refractivity contribution in [2.24, 2.45) is 10.9 Å². The number of carbonyl (C=O) groups excluding carboxylic acids is 1. The van der Waals surface area contributed by atoms with Crippen LogP contribution in [0.2, 0.25) is 0 Å². The molecule has 1 aromatic heterocycles. The summed E-state index contributed by atoms with van der Waals surface area (Å²) >= 11 is 0. The highest BCUT2D eigenvalue weighted by Gasteiger charge is 2.22. The standard InChI is InChI=1S/C15H18N4O2/c16-15(20)10-18-6-4-13(5-7-18)19-8-3-11-1-2-12(17-21)9-14(11)19/h1-3,8-9,13H,4-7,10H2,(H2,16,20). The number of aromatic nitrogens is 1. The first kappa shape index (κ1) is 13.8. The number of benzene rings is 1. The van der Waals surface area contributed by atoms with E-state index in [0.29, 0.717) is 18.3 Å². The molecule has 2 N–H and O–H groups in total. The number of likely N-dealkylation sites (tertiary alicyclic amines) is 1. The van der Waals surface area contributed by atoms with Gasteiger partial charge < -0.3 is 10.3 Å². The molecule has 0 spiro atoms. The van der Waals surface area contributed by atoms with Crippen molar-refractivity contribution < 1.29 is 4.79 Å². The van der Waals surface area contributed by atoms with E-state index < -0.39 is 0 Å². The highest BCUT2D eigenvalue weighted by atomic mass is 16.3. The third-order valence-electron chi connectivity index (χ3n) is 4.14. The van der Waals surface area contributed by atoms with Crippen LogP contribution in [0.4, 0.5) is 5.69 Å². The van der Waals surface area contributed by atoms with Crippen LogP contribution in [0.5, 0.6) is 0 Å². The molecule has 6 heteroatoms. The van der Waals surface area contributed by atoms with E-state index in [1.165, 1.54) is 0 Å². The monoisotopic (exact) mass is 286 g/mol. The molecule has 2 aromatic rings. The predicted octanol–water partition coefficient (Wildman–Crippen LogP) is 2.16. The second-order valence-corrected chi connectivity index (χ2v) is 5.53. The van der Waals surface area contributed by atoms with Crippen LogP contribution >= 0.6 is 0 Å². The number of piperidine rings is 1. The largest absolute Gasteiger partial charge is 0.369 e. The summed E-state index contributed by atoms with van der Waals surface area (Å²) in [4.78, 5) is 23.7. The Labute approximate surface area is 122 Å². The zero-order chi connectivity index (χ0) is 14.8. The van der Waals surface area contributed by atoms with Gasteiger partial charge in [-0.2, -0.15) is 0 Å². The number of nitrogens with zero attached hydrogens (tertiary/aromatic N) is 3. The lowest BCUT2D eigenvalue weighted by Crippen LogP contribution is -2.39. The number of carbonyl (C=O) groups is 1. The molecule has 0 radical (unpaired) electrons. The summed E-state index contributed by atoms with van der Waals surface area (Å²) in [7, 11) is 0. The van der Waals surface area contributed by atoms with E-state index in [1.807, 2.05) is 12.1 Å². The lowest BCUT2D eigenvalue weighted by atomic mass is 10.0. The molecule has 3 rings (SSSR count). The van der Waals surface area contributed by atoms with Crippen LogP contribution in [0.3, 0.4) is 0 Å². The van der Waals surface area contributed by atoms with Gasteiger partial charge in [-0.05, 0) is 41.6 Å². The number of rotatable bonds is 4. The summed E-state index contributed by atoms with van der Waals surface area (Å²) < 4.78 is 2.21. The van der Waals surface area contributed by atoms with E-state index in [0.717, 1.165) is 36.8 Å². The fourth-order valence-corrected chi connectivity index (χ4v) is 3.09. The Morgan fingerprint density at radius 2 is 2.05 bits per heavy atom. The average molecular weight is 286 g/mol. The van der Waals surface area contributed by atoms with E-state index in [9.17, 15) is 9.70 Å². The molecular weight excluding hydrogens is 268 g/mol. The minimum Gasteiger partial charge on any atom is -0.369 e. The molecule has 0 aliphatic carbocycles. The predicted molar refractivity (Wildman–Crippen MR) is 81.3 cm³/mol. The minimum absolute atomic E-state index is 0.276. The Morgan fingerprint density at radius 3 is 2.71 bits per heavy atom. The third kappa shape index (κ3) is 2.80. The van der Waals surface area contributed by atoms with Crippen molar-refractivity contribution in [3.05, 3.63) is 35.4 Å². The van der Waals surface area contributed by atoms with Crippen LogP contribution in [0.15, 0.2) is 35.6 Å². The molecule has 1 aliphatic rings. The van der Waals surface area contributed by atoms with Crippen LogP contribution in [0.1, 0.15) is 18.9 Å². The van der Waals surface area contributed by atoms with Gasteiger partial charge in [0.1, 0.15) is 5.69 Å². The van der Waals surface area contributed by atoms with Crippen molar-refractivity contribution >= 4 is 22.5 Å². The first-order valence-corrected chi connectivity index (χ1v) is 7.12. The van der Waals surface area contributed by atoms with Crippen molar-refractivity contribution in [1.29, 1.82) is 0 Å². The zero-order valence-corrected chi connectivity index (χ0v) is 11.7. The van der Waals surface area contributed by atoms with Gasteiger partial charge in [-0.3, -0.25) is 9.69 Å². The SMILES string of the molecule is NC(=O)CN1CCC(n2ccc3ccc(N=O)cc32)CC1. The van der Waals surface area contributed by atoms with Gasteiger partial charge in [0.2, 0.25) is 5.91 Å². The van der Waals surface area contributed by atoms with Gasteiger partial charge in [-0.25, -0.2) is 0 Å². The topological polar surface area (TPSA) is 80.7 Å². The summed E-state index contributed by atoms with van der Waals surface area (Å²) in [5.74, 6) is -0.276. The van der Waals surface area contributed by atoms with Gasteiger partial charge >= 0.3 is 0 Å². The second kappa shape index (κ2) is 5.65. The number of amides is 1. The first-order valence-electron chi connectivity index (χ1n) is 7.12. The molecule has 6 nitrogen and oxygen atoms in total. The van der Waals surface area contributed by atoms with Gasteiger partial charge in [0.05, 0.1) is 12.1 Å². The van der Waals surface area contributed by atoms with Crippen molar-refractivity contribution in [3.63, 3.8) is 0 Å². The third-order valence-corrected chi connectivity index (χ3v) is 4.14. The lowest BCUT2D eigenvalue weighted by Gasteiger charge is -2.32. The quantitative estimate of drug-likeness (QED) is 0.874. The number of primary amides is 1. The number of nitroso groups, excluding NO2 is 1. The fourth-order valence-electron chi connectivity index (χ4n) is 3.09. The Balaban J connectivity index is 1.79. The number of hydrogen-bond acceptors (Lipinski definition) is 4. The Kier molecular flexibility index (Phi) is 3.70. The number of hydrogen-bond donors (Lipinski definition) is 1. The van der Waals surface area contributed by atoms with E-state index in [1.54, 1.807) is 6.07 Å². The molecule has 0 unspecified atom stereocenters. The van der Waals surface area contributed by atoms with Crippen molar-refractivity contribution in [2.45, 2.75) is 18.9 Å². The Bertz CT molecular complexity index is 671. The van der Waals surface area contributed by atoms with Crippen LogP contribution < -0.4 is 5.73 Å². The van der Waals surface area contributed by atoms with E-state index in [4.69, 9.17) is 5.73 Å². The van der Waals surface area contributed by atoms with Crippen molar-refractivity contribution in [2.75, 3.05) is 19.6 Å². The molecule has 1 fully saturated rings. The van der Waals surface area contributed by atoms with Gasteiger partial charge in [-0.1, -0.05) is 6.07 Å². The Hall–Kier alpha value is -2.21. The molecular formula is C15H18N4O2. The second-order valence-electron chi connectivity index (χ2n) is 5.53. The number of nitrogens with two attached hydrogens (primary N) is 1. The lowest BCUT2D eigenvalue weighted by molar-refractivity contribution is -0.119. The van der Waals surface area contributed by atoms with Gasteiger partial charge in [0.15, 0.2) is 0 Å². The molecule has 2 heterocycles. The van der Waals surface area contributed by atoms with Gasteiger partial charge in [-0.15, -0.1) is 4.91 Å². The summed E-state index contributed by atoms with van der Waals surface area (Å²) in [6, 6.07) is 7.92. The van der Waals surface area contributed by atoms with Crippen LogP contribution in [0, 0.1) is 4.91 Å². The van der Waals surface area contributed by atoms with Crippen LogP contribution in [-0.2, 0) is 4.79 Å². The summed E-state index contributed by atoms with van der Waals surface area (Å²) in [6.07, 6.45) is 4.00. The maximum absolute atomic E-state index is 11.0. The van der Waals surface area contributed by atoms with Crippen molar-refractivity contribution in [1.82, 2.24) is 9.47 Å². The molecule has 1 amide bonds. The zero-order valence-electron chi connectivity index (χ0n) is 11.7. The molecule has 0 atom stereocenters. The summed E-state index contributed by atoms with van der Waals surface area (Å²) in [5.41, 5.74) is 6.73. The van der Waals surface area contributed by atoms with E-state index >= 15 is 0 Å². The maximum atomic E-state index is 11.0. The van der Waals surface area contributed by atoms with Crippen LogP contribution in [-0.4, -0.2) is 35.0 Å². The molecule has 0 bridgehead atoms. The minimum atomic E-state index is -0.276. The van der Waals surface area contributed by atoms with E-state index in [-0.39, 0.29) is 5.91 Å². The Morgan fingerprint density at radius 1 is 1.29 bits per heavy atom. The number of fused-ring (bicyclic) bond motifs is 1. The maximum Gasteiger partial charge on any atom is 0.231 e. The van der Waals surface area contributed by atoms with Gasteiger partial charge in [0.25, 0.3) is 0 Å². The molecule has 110 valence electrons. The molecule has 1 aromatic carbocycles. The molecule has 0 saturated carbocycles. The van der Waals surface area contributed by atoms with Gasteiger partial charge in [0, 0.05) is 25.3 Å². The fraction of sp³-hybridized carbons (Fsp3) is 0.400. The summed E-state index contributed by atoms with van der Waals surface area (Å²) in [6.45, 7) is 2.05. The molecule has 1 aliphatic heterocycles. The highest BCUT2D eigenvalue weighted by molar-refractivity contribution is 5.83.